The minimum absolute atomic E-state index is 0.0723. The number of hydrogen-bond donors (Lipinski definition) is 0. The summed E-state index contributed by atoms with van der Waals surface area (Å²) in [5, 5.41) is 1.05. The second-order valence-electron chi connectivity index (χ2n) is 7.41. The number of fused-ring (bicyclic) bond motifs is 1. The summed E-state index contributed by atoms with van der Waals surface area (Å²) in [5.74, 6) is 0.807. The molecule has 7 heteroatoms. The third kappa shape index (κ3) is 4.27. The van der Waals surface area contributed by atoms with Crippen LogP contribution < -0.4 is 5.56 Å². The lowest BCUT2D eigenvalue weighted by atomic mass is 10.1. The topological polar surface area (TPSA) is 68.3 Å². The Morgan fingerprint density at radius 3 is 2.52 bits per heavy atom. The number of hydrogen-bond acceptors (Lipinski definition) is 5. The van der Waals surface area contributed by atoms with Crippen molar-refractivity contribution in [3.8, 4) is 5.69 Å². The van der Waals surface area contributed by atoms with Gasteiger partial charge in [0.2, 0.25) is 5.91 Å². The molecular formula is C24H23N3O3S. The summed E-state index contributed by atoms with van der Waals surface area (Å²) < 4.78 is 6.96. The van der Waals surface area contributed by atoms with Crippen molar-refractivity contribution in [2.75, 3.05) is 12.8 Å². The van der Waals surface area contributed by atoms with Gasteiger partial charge < -0.3 is 9.32 Å². The van der Waals surface area contributed by atoms with E-state index < -0.39 is 0 Å². The van der Waals surface area contributed by atoms with E-state index >= 15 is 0 Å². The highest BCUT2D eigenvalue weighted by Crippen LogP contribution is 2.25. The lowest BCUT2D eigenvalue weighted by Gasteiger charge is -2.18. The molecule has 0 saturated carbocycles. The van der Waals surface area contributed by atoms with E-state index in [9.17, 15) is 9.59 Å². The van der Waals surface area contributed by atoms with Crippen LogP contribution in [0.4, 0.5) is 0 Å². The number of carbonyl (C=O) groups is 1. The minimum atomic E-state index is -0.137. The second-order valence-corrected chi connectivity index (χ2v) is 8.35. The van der Waals surface area contributed by atoms with Crippen molar-refractivity contribution >= 4 is 28.6 Å². The van der Waals surface area contributed by atoms with Crippen LogP contribution in [0.1, 0.15) is 16.9 Å². The summed E-state index contributed by atoms with van der Waals surface area (Å²) in [6.45, 7) is 4.34. The summed E-state index contributed by atoms with van der Waals surface area (Å²) in [7, 11) is 1.73. The lowest BCUT2D eigenvalue weighted by molar-refractivity contribution is -0.127. The van der Waals surface area contributed by atoms with E-state index in [-0.39, 0.29) is 17.2 Å². The number of amides is 1. The predicted octanol–water partition coefficient (Wildman–Crippen LogP) is 4.35. The van der Waals surface area contributed by atoms with E-state index in [1.54, 1.807) is 34.9 Å². The van der Waals surface area contributed by atoms with Gasteiger partial charge in [-0.3, -0.25) is 14.2 Å². The number of benzene rings is 2. The number of nitrogens with zero attached hydrogens (tertiary/aromatic N) is 3. The largest absolute Gasteiger partial charge is 0.467 e. The standard InChI is InChI=1S/C24H23N3O3S/c1-16-8-6-9-17(2)22(16)27-23(29)19-11-4-5-12-20(19)25-24(27)31-15-21(28)26(3)14-18-10-7-13-30-18/h4-13H,14-15H2,1-3H3. The number of furan rings is 1. The average Bonchev–Trinajstić information content (AvgIpc) is 3.26. The van der Waals surface area contributed by atoms with E-state index in [4.69, 9.17) is 9.40 Å². The van der Waals surface area contributed by atoms with E-state index in [1.165, 1.54) is 11.8 Å². The second kappa shape index (κ2) is 8.81. The first-order chi connectivity index (χ1) is 15.0. The summed E-state index contributed by atoms with van der Waals surface area (Å²) in [5.41, 5.74) is 3.24. The Kier molecular flexibility index (Phi) is 5.95. The third-order valence-electron chi connectivity index (χ3n) is 5.13. The molecule has 0 unspecified atom stereocenters. The van der Waals surface area contributed by atoms with Crippen LogP contribution in [0, 0.1) is 13.8 Å². The Balaban J connectivity index is 1.71. The molecule has 2 aromatic carbocycles. The molecule has 0 radical (unpaired) electrons. The highest BCUT2D eigenvalue weighted by Gasteiger charge is 2.18. The molecule has 0 aliphatic rings. The van der Waals surface area contributed by atoms with Crippen LogP contribution in [0.2, 0.25) is 0 Å². The van der Waals surface area contributed by atoms with Gasteiger partial charge in [-0.05, 0) is 49.2 Å². The molecule has 2 heterocycles. The molecule has 0 N–H and O–H groups in total. The van der Waals surface area contributed by atoms with Crippen molar-refractivity contribution in [3.05, 3.63) is 88.1 Å². The zero-order chi connectivity index (χ0) is 22.0. The first-order valence-electron chi connectivity index (χ1n) is 9.93. The molecule has 158 valence electrons. The van der Waals surface area contributed by atoms with Crippen molar-refractivity contribution in [2.24, 2.45) is 0 Å². The maximum atomic E-state index is 13.4. The third-order valence-corrected chi connectivity index (χ3v) is 6.05. The number of aromatic nitrogens is 2. The van der Waals surface area contributed by atoms with Crippen LogP contribution in [0.5, 0.6) is 0 Å². The maximum absolute atomic E-state index is 13.4. The van der Waals surface area contributed by atoms with Gasteiger partial charge in [0, 0.05) is 7.05 Å². The van der Waals surface area contributed by atoms with Crippen molar-refractivity contribution < 1.29 is 9.21 Å². The molecule has 0 saturated heterocycles. The fourth-order valence-electron chi connectivity index (χ4n) is 3.53. The Labute approximate surface area is 184 Å². The molecule has 31 heavy (non-hydrogen) atoms. The van der Waals surface area contributed by atoms with Crippen LogP contribution in [0.3, 0.4) is 0 Å². The molecular weight excluding hydrogens is 410 g/mol. The van der Waals surface area contributed by atoms with Gasteiger partial charge >= 0.3 is 0 Å². The number of thioether (sulfide) groups is 1. The molecule has 0 spiro atoms. The van der Waals surface area contributed by atoms with Gasteiger partial charge in [0.1, 0.15) is 5.76 Å². The molecule has 0 atom stereocenters. The van der Waals surface area contributed by atoms with Crippen molar-refractivity contribution in [3.63, 3.8) is 0 Å². The fourth-order valence-corrected chi connectivity index (χ4v) is 4.46. The summed E-state index contributed by atoms with van der Waals surface area (Å²) >= 11 is 1.27. The van der Waals surface area contributed by atoms with E-state index in [1.807, 2.05) is 56.3 Å². The monoisotopic (exact) mass is 433 g/mol. The van der Waals surface area contributed by atoms with E-state index in [0.717, 1.165) is 22.6 Å². The zero-order valence-corrected chi connectivity index (χ0v) is 18.5. The van der Waals surface area contributed by atoms with E-state index in [2.05, 4.69) is 0 Å². The fraction of sp³-hybridized carbons (Fsp3) is 0.208. The molecule has 2 aromatic heterocycles. The van der Waals surface area contributed by atoms with Gasteiger partial charge in [-0.15, -0.1) is 0 Å². The normalized spacial score (nSPS) is 11.1. The van der Waals surface area contributed by atoms with Crippen LogP contribution in [-0.4, -0.2) is 33.2 Å². The van der Waals surface area contributed by atoms with Crippen LogP contribution in [0.25, 0.3) is 16.6 Å². The summed E-state index contributed by atoms with van der Waals surface area (Å²) in [4.78, 5) is 32.5. The predicted molar refractivity (Wildman–Crippen MR) is 123 cm³/mol. The van der Waals surface area contributed by atoms with E-state index in [0.29, 0.717) is 22.6 Å². The van der Waals surface area contributed by atoms with Gasteiger partial charge in [-0.1, -0.05) is 42.1 Å². The maximum Gasteiger partial charge on any atom is 0.266 e. The first-order valence-corrected chi connectivity index (χ1v) is 10.9. The number of para-hydroxylation sites is 2. The van der Waals surface area contributed by atoms with Gasteiger partial charge in [-0.25, -0.2) is 4.98 Å². The average molecular weight is 434 g/mol. The SMILES string of the molecule is Cc1cccc(C)c1-n1c(SCC(=O)N(C)Cc2ccco2)nc2ccccc2c1=O. The van der Waals surface area contributed by atoms with Gasteiger partial charge in [0.05, 0.1) is 35.2 Å². The van der Waals surface area contributed by atoms with Crippen molar-refractivity contribution in [1.82, 2.24) is 14.5 Å². The highest BCUT2D eigenvalue weighted by atomic mass is 32.2. The Morgan fingerprint density at radius 2 is 1.81 bits per heavy atom. The van der Waals surface area contributed by atoms with Gasteiger partial charge in [-0.2, -0.15) is 0 Å². The molecule has 1 amide bonds. The molecule has 0 bridgehead atoms. The molecule has 0 aliphatic heterocycles. The van der Waals surface area contributed by atoms with Gasteiger partial charge in [0.25, 0.3) is 5.56 Å². The smallest absolute Gasteiger partial charge is 0.266 e. The highest BCUT2D eigenvalue weighted by molar-refractivity contribution is 7.99. The zero-order valence-electron chi connectivity index (χ0n) is 17.7. The number of carbonyl (C=O) groups excluding carboxylic acids is 1. The summed E-state index contributed by atoms with van der Waals surface area (Å²) in [6.07, 6.45) is 1.59. The Hall–Kier alpha value is -3.32. The minimum Gasteiger partial charge on any atom is -0.467 e. The molecule has 0 fully saturated rings. The molecule has 0 aliphatic carbocycles. The Bertz CT molecular complexity index is 1280. The van der Waals surface area contributed by atoms with Crippen LogP contribution in [0.15, 0.2) is 75.2 Å². The molecule has 6 nitrogen and oxygen atoms in total. The lowest BCUT2D eigenvalue weighted by Crippen LogP contribution is -2.28. The Morgan fingerprint density at radius 1 is 1.06 bits per heavy atom. The van der Waals surface area contributed by atoms with Crippen molar-refractivity contribution in [1.29, 1.82) is 0 Å². The number of aryl methyl sites for hydroxylation is 2. The van der Waals surface area contributed by atoms with Crippen molar-refractivity contribution in [2.45, 2.75) is 25.5 Å². The molecule has 4 aromatic rings. The molecule has 4 rings (SSSR count). The first kappa shape index (κ1) is 20.9. The van der Waals surface area contributed by atoms with Crippen LogP contribution >= 0.6 is 11.8 Å². The number of rotatable bonds is 6. The summed E-state index contributed by atoms with van der Waals surface area (Å²) in [6, 6.07) is 16.8. The van der Waals surface area contributed by atoms with Gasteiger partial charge in [0.15, 0.2) is 5.16 Å². The quantitative estimate of drug-likeness (QED) is 0.334. The van der Waals surface area contributed by atoms with Crippen LogP contribution in [-0.2, 0) is 11.3 Å².